The van der Waals surface area contributed by atoms with Gasteiger partial charge in [-0.1, -0.05) is 35.5 Å². The van der Waals surface area contributed by atoms with Crippen LogP contribution in [0, 0.1) is 13.8 Å². The molecule has 6 nitrogen and oxygen atoms in total. The van der Waals surface area contributed by atoms with Crippen LogP contribution in [0.4, 0.5) is 0 Å². The van der Waals surface area contributed by atoms with Gasteiger partial charge in [0.1, 0.15) is 0 Å². The van der Waals surface area contributed by atoms with Crippen molar-refractivity contribution >= 4 is 29.0 Å². The van der Waals surface area contributed by atoms with Crippen molar-refractivity contribution in [2.45, 2.75) is 25.5 Å². The van der Waals surface area contributed by atoms with E-state index in [1.54, 1.807) is 23.7 Å². The van der Waals surface area contributed by atoms with Gasteiger partial charge in [0, 0.05) is 22.8 Å². The SMILES string of the molecule is Cc1ccc(-n2c(SCC(=O)NCc3cccs3)nnc2-c2cccnc2)c(C)c1. The number of carbonyl (C=O) groups is 1. The molecular weight excluding hydrogens is 414 g/mol. The third-order valence-corrected chi connectivity index (χ3v) is 6.32. The Morgan fingerprint density at radius 3 is 2.80 bits per heavy atom. The molecule has 8 heteroatoms. The minimum Gasteiger partial charge on any atom is -0.350 e. The van der Waals surface area contributed by atoms with E-state index >= 15 is 0 Å². The first-order chi connectivity index (χ1) is 14.6. The van der Waals surface area contributed by atoms with E-state index in [1.165, 1.54) is 17.3 Å². The van der Waals surface area contributed by atoms with E-state index < -0.39 is 0 Å². The fourth-order valence-electron chi connectivity index (χ4n) is 3.10. The lowest BCUT2D eigenvalue weighted by Gasteiger charge is -2.13. The Balaban J connectivity index is 1.59. The summed E-state index contributed by atoms with van der Waals surface area (Å²) in [5.74, 6) is 0.935. The summed E-state index contributed by atoms with van der Waals surface area (Å²) >= 11 is 3.00. The summed E-state index contributed by atoms with van der Waals surface area (Å²) in [6.07, 6.45) is 3.50. The van der Waals surface area contributed by atoms with Crippen molar-refractivity contribution in [2.75, 3.05) is 5.75 Å². The number of thiophene rings is 1. The maximum Gasteiger partial charge on any atom is 0.230 e. The molecule has 0 saturated carbocycles. The molecule has 1 amide bonds. The molecule has 1 aromatic carbocycles. The van der Waals surface area contributed by atoms with Gasteiger partial charge in [0.2, 0.25) is 5.91 Å². The van der Waals surface area contributed by atoms with Gasteiger partial charge in [0.25, 0.3) is 0 Å². The summed E-state index contributed by atoms with van der Waals surface area (Å²) in [4.78, 5) is 17.7. The molecule has 0 spiro atoms. The van der Waals surface area contributed by atoms with Gasteiger partial charge in [-0.2, -0.15) is 0 Å². The van der Waals surface area contributed by atoms with E-state index in [0.29, 0.717) is 17.5 Å². The lowest BCUT2D eigenvalue weighted by molar-refractivity contribution is -0.118. The van der Waals surface area contributed by atoms with Crippen molar-refractivity contribution < 1.29 is 4.79 Å². The first-order valence-corrected chi connectivity index (χ1v) is 11.3. The molecule has 0 radical (unpaired) electrons. The number of aromatic nitrogens is 4. The highest BCUT2D eigenvalue weighted by Gasteiger charge is 2.18. The third-order valence-electron chi connectivity index (χ3n) is 4.52. The maximum atomic E-state index is 12.4. The zero-order chi connectivity index (χ0) is 20.9. The Morgan fingerprint density at radius 1 is 1.17 bits per heavy atom. The fraction of sp³-hybridized carbons (Fsp3) is 0.182. The highest BCUT2D eigenvalue weighted by Crippen LogP contribution is 2.29. The molecule has 4 aromatic rings. The molecule has 0 fully saturated rings. The van der Waals surface area contributed by atoms with Gasteiger partial charge in [0.05, 0.1) is 18.0 Å². The molecule has 30 heavy (non-hydrogen) atoms. The van der Waals surface area contributed by atoms with Crippen LogP contribution in [0.1, 0.15) is 16.0 Å². The molecule has 152 valence electrons. The molecule has 0 atom stereocenters. The van der Waals surface area contributed by atoms with Gasteiger partial charge < -0.3 is 5.32 Å². The predicted octanol–water partition coefficient (Wildman–Crippen LogP) is 4.42. The number of benzene rings is 1. The van der Waals surface area contributed by atoms with Crippen LogP contribution in [0.15, 0.2) is 65.4 Å². The van der Waals surface area contributed by atoms with Crippen LogP contribution < -0.4 is 5.32 Å². The topological polar surface area (TPSA) is 72.7 Å². The van der Waals surface area contributed by atoms with Crippen molar-refractivity contribution in [1.82, 2.24) is 25.1 Å². The number of pyridine rings is 1. The summed E-state index contributed by atoms with van der Waals surface area (Å²) in [5.41, 5.74) is 4.17. The molecule has 4 rings (SSSR count). The van der Waals surface area contributed by atoms with Crippen LogP contribution in [0.2, 0.25) is 0 Å². The number of hydrogen-bond donors (Lipinski definition) is 1. The van der Waals surface area contributed by atoms with Gasteiger partial charge in [-0.15, -0.1) is 21.5 Å². The van der Waals surface area contributed by atoms with E-state index in [4.69, 9.17) is 0 Å². The summed E-state index contributed by atoms with van der Waals surface area (Å²) in [7, 11) is 0. The average Bonchev–Trinajstić information content (AvgIpc) is 3.41. The van der Waals surface area contributed by atoms with Crippen LogP contribution in [0.3, 0.4) is 0 Å². The van der Waals surface area contributed by atoms with Crippen molar-refractivity contribution in [2.24, 2.45) is 0 Å². The van der Waals surface area contributed by atoms with Crippen molar-refractivity contribution in [3.63, 3.8) is 0 Å². The van der Waals surface area contributed by atoms with E-state index in [-0.39, 0.29) is 11.7 Å². The van der Waals surface area contributed by atoms with E-state index in [2.05, 4.69) is 52.5 Å². The zero-order valence-corrected chi connectivity index (χ0v) is 18.3. The van der Waals surface area contributed by atoms with Gasteiger partial charge in [-0.25, -0.2) is 0 Å². The normalized spacial score (nSPS) is 10.9. The Morgan fingerprint density at radius 2 is 2.07 bits per heavy atom. The molecule has 0 aliphatic carbocycles. The molecule has 0 unspecified atom stereocenters. The summed E-state index contributed by atoms with van der Waals surface area (Å²) in [5, 5.41) is 14.4. The predicted molar refractivity (Wildman–Crippen MR) is 121 cm³/mol. The van der Waals surface area contributed by atoms with Crippen LogP contribution in [-0.4, -0.2) is 31.4 Å². The summed E-state index contributed by atoms with van der Waals surface area (Å²) in [6.45, 7) is 4.68. The molecule has 0 bridgehead atoms. The largest absolute Gasteiger partial charge is 0.350 e. The number of amides is 1. The Labute approximate surface area is 183 Å². The lowest BCUT2D eigenvalue weighted by atomic mass is 10.1. The van der Waals surface area contributed by atoms with Crippen LogP contribution in [0.5, 0.6) is 0 Å². The smallest absolute Gasteiger partial charge is 0.230 e. The fourth-order valence-corrected chi connectivity index (χ4v) is 4.52. The van der Waals surface area contributed by atoms with Crippen LogP contribution in [-0.2, 0) is 11.3 Å². The van der Waals surface area contributed by atoms with Crippen molar-refractivity contribution in [3.05, 3.63) is 76.2 Å². The Bertz CT molecular complexity index is 1140. The molecule has 0 aliphatic rings. The summed E-state index contributed by atoms with van der Waals surface area (Å²) in [6, 6.07) is 14.1. The van der Waals surface area contributed by atoms with Gasteiger partial charge in [-0.05, 0) is 49.1 Å². The second-order valence-corrected chi connectivity index (χ2v) is 8.79. The number of thioether (sulfide) groups is 1. The second-order valence-electron chi connectivity index (χ2n) is 6.82. The molecule has 0 aliphatic heterocycles. The zero-order valence-electron chi connectivity index (χ0n) is 16.7. The number of aryl methyl sites for hydroxylation is 2. The van der Waals surface area contributed by atoms with Gasteiger partial charge in [0.15, 0.2) is 11.0 Å². The molecule has 0 saturated heterocycles. The molecule has 3 aromatic heterocycles. The number of rotatable bonds is 7. The quantitative estimate of drug-likeness (QED) is 0.435. The second kappa shape index (κ2) is 9.23. The van der Waals surface area contributed by atoms with E-state index in [1.807, 2.05) is 34.2 Å². The number of hydrogen-bond acceptors (Lipinski definition) is 6. The van der Waals surface area contributed by atoms with Crippen molar-refractivity contribution in [1.29, 1.82) is 0 Å². The Kier molecular flexibility index (Phi) is 6.25. The monoisotopic (exact) mass is 435 g/mol. The minimum atomic E-state index is -0.0356. The highest BCUT2D eigenvalue weighted by atomic mass is 32.2. The number of nitrogens with zero attached hydrogens (tertiary/aromatic N) is 4. The van der Waals surface area contributed by atoms with Gasteiger partial charge >= 0.3 is 0 Å². The first kappa shape index (κ1) is 20.3. The van der Waals surface area contributed by atoms with Crippen molar-refractivity contribution in [3.8, 4) is 17.1 Å². The molecular formula is C22H21N5OS2. The maximum absolute atomic E-state index is 12.4. The van der Waals surface area contributed by atoms with E-state index in [9.17, 15) is 4.79 Å². The van der Waals surface area contributed by atoms with Crippen LogP contribution in [0.25, 0.3) is 17.1 Å². The van der Waals surface area contributed by atoms with Gasteiger partial charge in [-0.3, -0.25) is 14.3 Å². The van der Waals surface area contributed by atoms with E-state index in [0.717, 1.165) is 21.7 Å². The summed E-state index contributed by atoms with van der Waals surface area (Å²) < 4.78 is 2.00. The standard InChI is InChI=1S/C22H21N5OS2/c1-15-7-8-19(16(2)11-15)27-21(17-5-3-9-23-12-17)25-26-22(27)30-14-20(28)24-13-18-6-4-10-29-18/h3-12H,13-14H2,1-2H3,(H,24,28). The Hall–Kier alpha value is -2.97. The molecule has 3 heterocycles. The molecule has 1 N–H and O–H groups in total. The highest BCUT2D eigenvalue weighted by molar-refractivity contribution is 7.99. The number of carbonyl (C=O) groups excluding carboxylic acids is 1. The minimum absolute atomic E-state index is 0.0356. The van der Waals surface area contributed by atoms with Crippen LogP contribution >= 0.6 is 23.1 Å². The lowest BCUT2D eigenvalue weighted by Crippen LogP contribution is -2.24. The average molecular weight is 436 g/mol. The third kappa shape index (κ3) is 4.60. The first-order valence-electron chi connectivity index (χ1n) is 9.47. The number of nitrogens with one attached hydrogen (secondary N) is 1.